The van der Waals surface area contributed by atoms with Crippen LogP contribution >= 0.6 is 15.9 Å². The van der Waals surface area contributed by atoms with Crippen LogP contribution in [-0.2, 0) is 4.79 Å². The van der Waals surface area contributed by atoms with Gasteiger partial charge in [-0.25, -0.2) is 0 Å². The quantitative estimate of drug-likeness (QED) is 0.842. The van der Waals surface area contributed by atoms with Crippen molar-refractivity contribution >= 4 is 27.5 Å². The molecule has 1 N–H and O–H groups in total. The Hall–Kier alpha value is -1.03. The molecule has 1 amide bonds. The molecule has 0 bridgehead atoms. The van der Waals surface area contributed by atoms with Crippen LogP contribution in [0.1, 0.15) is 6.92 Å². The fraction of sp³-hybridized carbons (Fsp3) is 0.300. The number of carbonyl (C=O) groups excluding carboxylic acids is 1. The molecule has 0 spiro atoms. The Morgan fingerprint density at radius 2 is 2.36 bits per heavy atom. The second-order valence-corrected chi connectivity index (χ2v) is 3.20. The maximum Gasteiger partial charge on any atom is 0.235 e. The van der Waals surface area contributed by atoms with Crippen LogP contribution in [0, 0.1) is 0 Å². The largest absolute Gasteiger partial charge is 0.494 e. The van der Waals surface area contributed by atoms with Crippen molar-refractivity contribution in [3.8, 4) is 5.75 Å². The van der Waals surface area contributed by atoms with E-state index in [4.69, 9.17) is 4.74 Å². The van der Waals surface area contributed by atoms with Crippen LogP contribution in [0.4, 0.5) is 5.69 Å². The van der Waals surface area contributed by atoms with E-state index in [1.165, 1.54) is 0 Å². The van der Waals surface area contributed by atoms with Gasteiger partial charge in [-0.15, -0.1) is 0 Å². The van der Waals surface area contributed by atoms with E-state index >= 15 is 0 Å². The van der Waals surface area contributed by atoms with Gasteiger partial charge >= 0.3 is 0 Å². The summed E-state index contributed by atoms with van der Waals surface area (Å²) in [4.78, 5) is 11.1. The molecular weight excluding hydrogens is 246 g/mol. The Kier molecular flexibility index (Phi) is 4.46. The predicted octanol–water partition coefficient (Wildman–Crippen LogP) is 2.42. The van der Waals surface area contributed by atoms with Crippen molar-refractivity contribution in [3.63, 3.8) is 0 Å². The van der Waals surface area contributed by atoms with E-state index in [9.17, 15) is 4.79 Å². The van der Waals surface area contributed by atoms with Gasteiger partial charge in [-0.1, -0.05) is 22.0 Å². The lowest BCUT2D eigenvalue weighted by atomic mass is 10.3. The summed E-state index contributed by atoms with van der Waals surface area (Å²) in [6.07, 6.45) is 0. The molecule has 0 saturated heterocycles. The third-order valence-corrected chi connectivity index (χ3v) is 2.06. The maximum atomic E-state index is 11.1. The number of carbonyl (C=O) groups is 1. The summed E-state index contributed by atoms with van der Waals surface area (Å²) in [5, 5.41) is 3.02. The number of benzene rings is 1. The first kappa shape index (κ1) is 11.0. The van der Waals surface area contributed by atoms with Gasteiger partial charge in [0.25, 0.3) is 0 Å². The minimum absolute atomic E-state index is 0.0707. The Morgan fingerprint density at radius 3 is 3.00 bits per heavy atom. The summed E-state index contributed by atoms with van der Waals surface area (Å²) >= 11 is 3.08. The monoisotopic (exact) mass is 257 g/mol. The third-order valence-electron chi connectivity index (χ3n) is 1.55. The molecule has 14 heavy (non-hydrogen) atoms. The fourth-order valence-corrected chi connectivity index (χ4v) is 1.16. The van der Waals surface area contributed by atoms with E-state index in [0.717, 1.165) is 11.4 Å². The van der Waals surface area contributed by atoms with Crippen molar-refractivity contribution in [1.29, 1.82) is 0 Å². The summed E-state index contributed by atoms with van der Waals surface area (Å²) in [7, 11) is 0. The smallest absolute Gasteiger partial charge is 0.235 e. The number of hydrogen-bond donors (Lipinski definition) is 1. The van der Waals surface area contributed by atoms with Gasteiger partial charge in [0.15, 0.2) is 0 Å². The predicted molar refractivity (Wildman–Crippen MR) is 60.0 cm³/mol. The number of alkyl halides is 1. The zero-order chi connectivity index (χ0) is 10.4. The van der Waals surface area contributed by atoms with Gasteiger partial charge < -0.3 is 10.1 Å². The molecule has 0 radical (unpaired) electrons. The van der Waals surface area contributed by atoms with E-state index in [2.05, 4.69) is 21.2 Å². The lowest BCUT2D eigenvalue weighted by molar-refractivity contribution is -0.113. The van der Waals surface area contributed by atoms with Crippen molar-refractivity contribution in [2.75, 3.05) is 17.3 Å². The van der Waals surface area contributed by atoms with Crippen molar-refractivity contribution in [2.24, 2.45) is 0 Å². The summed E-state index contributed by atoms with van der Waals surface area (Å²) < 4.78 is 5.30. The SMILES string of the molecule is CCOc1cccc(NC(=O)CBr)c1. The third kappa shape index (κ3) is 3.38. The molecule has 1 aromatic rings. The average Bonchev–Trinajstić information content (AvgIpc) is 2.19. The fourth-order valence-electron chi connectivity index (χ4n) is 1.02. The lowest BCUT2D eigenvalue weighted by Gasteiger charge is -2.06. The minimum atomic E-state index is -0.0707. The van der Waals surface area contributed by atoms with Crippen molar-refractivity contribution in [3.05, 3.63) is 24.3 Å². The number of ether oxygens (including phenoxy) is 1. The van der Waals surface area contributed by atoms with Gasteiger partial charge in [0.2, 0.25) is 5.91 Å². The van der Waals surface area contributed by atoms with Crippen LogP contribution < -0.4 is 10.1 Å². The molecule has 0 aliphatic heterocycles. The molecule has 0 heterocycles. The highest BCUT2D eigenvalue weighted by molar-refractivity contribution is 9.09. The van der Waals surface area contributed by atoms with Crippen LogP contribution in [0.2, 0.25) is 0 Å². The Labute approximate surface area is 91.6 Å². The van der Waals surface area contributed by atoms with Crippen molar-refractivity contribution in [1.82, 2.24) is 0 Å². The van der Waals surface area contributed by atoms with Crippen LogP contribution in [-0.4, -0.2) is 17.8 Å². The average molecular weight is 258 g/mol. The first-order valence-electron chi connectivity index (χ1n) is 4.35. The maximum absolute atomic E-state index is 11.1. The summed E-state index contributed by atoms with van der Waals surface area (Å²) in [6.45, 7) is 2.54. The molecule has 0 saturated carbocycles. The topological polar surface area (TPSA) is 38.3 Å². The second-order valence-electron chi connectivity index (χ2n) is 2.64. The Morgan fingerprint density at radius 1 is 1.57 bits per heavy atom. The summed E-state index contributed by atoms with van der Waals surface area (Å²) in [5.41, 5.74) is 0.750. The molecule has 0 fully saturated rings. The number of nitrogens with one attached hydrogen (secondary N) is 1. The minimum Gasteiger partial charge on any atom is -0.494 e. The lowest BCUT2D eigenvalue weighted by Crippen LogP contribution is -2.12. The number of halogens is 1. The first-order valence-corrected chi connectivity index (χ1v) is 5.47. The van der Waals surface area contributed by atoms with Gasteiger partial charge in [0.05, 0.1) is 11.9 Å². The van der Waals surface area contributed by atoms with Crippen LogP contribution in [0.15, 0.2) is 24.3 Å². The number of anilines is 1. The molecule has 1 rings (SSSR count). The highest BCUT2D eigenvalue weighted by Gasteiger charge is 2.00. The Balaban J connectivity index is 2.68. The molecule has 4 heteroatoms. The molecule has 0 aromatic heterocycles. The zero-order valence-electron chi connectivity index (χ0n) is 7.92. The summed E-state index contributed by atoms with van der Waals surface area (Å²) in [6, 6.07) is 7.31. The Bertz CT molecular complexity index is 315. The zero-order valence-corrected chi connectivity index (χ0v) is 9.50. The molecule has 76 valence electrons. The van der Waals surface area contributed by atoms with Crippen LogP contribution in [0.5, 0.6) is 5.75 Å². The van der Waals surface area contributed by atoms with E-state index < -0.39 is 0 Å². The van der Waals surface area contributed by atoms with Gasteiger partial charge in [-0.05, 0) is 19.1 Å². The number of rotatable bonds is 4. The van der Waals surface area contributed by atoms with Crippen molar-refractivity contribution in [2.45, 2.75) is 6.92 Å². The molecular formula is C10H12BrNO2. The standard InChI is InChI=1S/C10H12BrNO2/c1-2-14-9-5-3-4-8(6-9)12-10(13)7-11/h3-6H,2,7H2,1H3,(H,12,13). The molecule has 1 aromatic carbocycles. The normalized spacial score (nSPS) is 9.57. The second kappa shape index (κ2) is 5.65. The number of amides is 1. The molecule has 0 atom stereocenters. The van der Waals surface area contributed by atoms with E-state index in [-0.39, 0.29) is 5.91 Å². The van der Waals surface area contributed by atoms with Gasteiger partial charge in [0.1, 0.15) is 5.75 Å². The summed E-state index contributed by atoms with van der Waals surface area (Å²) in [5.74, 6) is 0.693. The molecule has 0 unspecified atom stereocenters. The van der Waals surface area contributed by atoms with Crippen molar-refractivity contribution < 1.29 is 9.53 Å². The molecule has 0 aliphatic carbocycles. The molecule has 0 aliphatic rings. The highest BCUT2D eigenvalue weighted by atomic mass is 79.9. The van der Waals surface area contributed by atoms with Gasteiger partial charge in [0, 0.05) is 11.8 Å². The van der Waals surface area contributed by atoms with Crippen LogP contribution in [0.25, 0.3) is 0 Å². The molecule has 3 nitrogen and oxygen atoms in total. The van der Waals surface area contributed by atoms with Gasteiger partial charge in [-0.2, -0.15) is 0 Å². The first-order chi connectivity index (χ1) is 6.76. The van der Waals surface area contributed by atoms with E-state index in [0.29, 0.717) is 11.9 Å². The van der Waals surface area contributed by atoms with Crippen LogP contribution in [0.3, 0.4) is 0 Å². The van der Waals surface area contributed by atoms with Gasteiger partial charge in [-0.3, -0.25) is 4.79 Å². The number of hydrogen-bond acceptors (Lipinski definition) is 2. The van der Waals surface area contributed by atoms with E-state index in [1.54, 1.807) is 6.07 Å². The highest BCUT2D eigenvalue weighted by Crippen LogP contribution is 2.17. The van der Waals surface area contributed by atoms with E-state index in [1.807, 2.05) is 25.1 Å².